The number of hydrogen-bond acceptors (Lipinski definition) is 2. The average Bonchev–Trinajstić information content (AvgIpc) is 2.43. The van der Waals surface area contributed by atoms with Crippen molar-refractivity contribution >= 4 is 29.1 Å². The fraction of sp³-hybridized carbons (Fsp3) is 0.333. The van der Waals surface area contributed by atoms with E-state index in [9.17, 15) is 0 Å². The van der Waals surface area contributed by atoms with Crippen LogP contribution in [0.3, 0.4) is 0 Å². The Labute approximate surface area is 136 Å². The summed E-state index contributed by atoms with van der Waals surface area (Å²) >= 11 is 8.12. The molecule has 0 saturated heterocycles. The van der Waals surface area contributed by atoms with E-state index in [1.54, 1.807) is 0 Å². The van der Waals surface area contributed by atoms with Crippen molar-refractivity contribution in [3.63, 3.8) is 0 Å². The van der Waals surface area contributed by atoms with Gasteiger partial charge < -0.3 is 5.32 Å². The Morgan fingerprint density at radius 2 is 1.81 bits per heavy atom. The maximum Gasteiger partial charge on any atom is 0.0533 e. The summed E-state index contributed by atoms with van der Waals surface area (Å²) in [6, 6.07) is 11.1. The molecule has 110 valence electrons. The molecule has 1 heterocycles. The van der Waals surface area contributed by atoms with E-state index in [-0.39, 0.29) is 0 Å². The molecule has 0 aliphatic carbocycles. The monoisotopic (exact) mass is 317 g/mol. The second kappa shape index (κ2) is 5.94. The summed E-state index contributed by atoms with van der Waals surface area (Å²) in [6.07, 6.45) is 1.13. The van der Waals surface area contributed by atoms with Crippen LogP contribution in [0.2, 0.25) is 5.02 Å². The van der Waals surface area contributed by atoms with E-state index in [0.29, 0.717) is 6.04 Å². The van der Waals surface area contributed by atoms with Gasteiger partial charge >= 0.3 is 0 Å². The van der Waals surface area contributed by atoms with Crippen LogP contribution in [0.15, 0.2) is 35.2 Å². The third-order valence-electron chi connectivity index (χ3n) is 4.01. The van der Waals surface area contributed by atoms with Gasteiger partial charge in [-0.15, -0.1) is 11.8 Å². The molecule has 0 fully saturated rings. The summed E-state index contributed by atoms with van der Waals surface area (Å²) in [4.78, 5) is 1.35. The van der Waals surface area contributed by atoms with Gasteiger partial charge in [0.1, 0.15) is 0 Å². The van der Waals surface area contributed by atoms with Gasteiger partial charge in [0.2, 0.25) is 0 Å². The first kappa shape index (κ1) is 14.8. The van der Waals surface area contributed by atoms with Crippen molar-refractivity contribution in [3.05, 3.63) is 57.6 Å². The first-order chi connectivity index (χ1) is 10.0. The Kier molecular flexibility index (Phi) is 4.19. The van der Waals surface area contributed by atoms with Gasteiger partial charge in [-0.3, -0.25) is 0 Å². The molecule has 2 aromatic rings. The van der Waals surface area contributed by atoms with Crippen LogP contribution in [0.25, 0.3) is 0 Å². The molecule has 3 rings (SSSR count). The highest BCUT2D eigenvalue weighted by Crippen LogP contribution is 2.40. The predicted octanol–water partition coefficient (Wildman–Crippen LogP) is 5.91. The lowest BCUT2D eigenvalue weighted by molar-refractivity contribution is 0.727. The maximum absolute atomic E-state index is 6.19. The molecule has 1 unspecified atom stereocenters. The van der Waals surface area contributed by atoms with Crippen LogP contribution in [0.1, 0.15) is 34.7 Å². The topological polar surface area (TPSA) is 12.0 Å². The highest BCUT2D eigenvalue weighted by atomic mass is 35.5. The van der Waals surface area contributed by atoms with E-state index < -0.39 is 0 Å². The smallest absolute Gasteiger partial charge is 0.0533 e. The number of anilines is 1. The molecule has 0 aromatic heterocycles. The van der Waals surface area contributed by atoms with Crippen molar-refractivity contribution in [2.45, 2.75) is 38.1 Å². The molecule has 3 heteroatoms. The van der Waals surface area contributed by atoms with Crippen LogP contribution in [-0.4, -0.2) is 5.75 Å². The zero-order valence-corrected chi connectivity index (χ0v) is 14.2. The summed E-state index contributed by atoms with van der Waals surface area (Å²) in [5, 5.41) is 4.58. The van der Waals surface area contributed by atoms with Gasteiger partial charge in [-0.2, -0.15) is 0 Å². The van der Waals surface area contributed by atoms with E-state index >= 15 is 0 Å². The second-order valence-electron chi connectivity index (χ2n) is 5.79. The summed E-state index contributed by atoms with van der Waals surface area (Å²) in [7, 11) is 0. The molecule has 0 bridgehead atoms. The highest BCUT2D eigenvalue weighted by molar-refractivity contribution is 7.99. The fourth-order valence-electron chi connectivity index (χ4n) is 3.10. The van der Waals surface area contributed by atoms with E-state index in [2.05, 4.69) is 50.4 Å². The van der Waals surface area contributed by atoms with E-state index in [4.69, 9.17) is 11.6 Å². The first-order valence-corrected chi connectivity index (χ1v) is 8.67. The van der Waals surface area contributed by atoms with Crippen LogP contribution in [0.5, 0.6) is 0 Å². The first-order valence-electron chi connectivity index (χ1n) is 7.31. The fourth-order valence-corrected chi connectivity index (χ4v) is 4.38. The SMILES string of the molecule is Cc1cc(C)c(NC2CCSc3ccc(Cl)cc32)c(C)c1. The zero-order chi connectivity index (χ0) is 15.0. The maximum atomic E-state index is 6.19. The Morgan fingerprint density at radius 1 is 1.10 bits per heavy atom. The van der Waals surface area contributed by atoms with E-state index in [1.807, 2.05) is 17.8 Å². The minimum Gasteiger partial charge on any atom is -0.378 e. The number of aryl methyl sites for hydroxylation is 3. The summed E-state index contributed by atoms with van der Waals surface area (Å²) in [6.45, 7) is 6.51. The number of fused-ring (bicyclic) bond motifs is 1. The average molecular weight is 318 g/mol. The van der Waals surface area contributed by atoms with Crippen molar-refractivity contribution in [2.24, 2.45) is 0 Å². The van der Waals surface area contributed by atoms with Crippen LogP contribution in [-0.2, 0) is 0 Å². The van der Waals surface area contributed by atoms with Crippen molar-refractivity contribution in [1.82, 2.24) is 0 Å². The lowest BCUT2D eigenvalue weighted by Gasteiger charge is -2.28. The number of halogens is 1. The standard InChI is InChI=1S/C18H20ClNS/c1-11-8-12(2)18(13(3)9-11)20-16-6-7-21-17-5-4-14(19)10-15(16)17/h4-5,8-10,16,20H,6-7H2,1-3H3. The molecule has 1 N–H and O–H groups in total. The lowest BCUT2D eigenvalue weighted by atomic mass is 10.00. The molecule has 0 amide bonds. The van der Waals surface area contributed by atoms with Gasteiger partial charge in [0.15, 0.2) is 0 Å². The van der Waals surface area contributed by atoms with Crippen molar-refractivity contribution in [2.75, 3.05) is 11.1 Å². The molecule has 1 aliphatic heterocycles. The Morgan fingerprint density at radius 3 is 2.52 bits per heavy atom. The molecule has 1 nitrogen and oxygen atoms in total. The zero-order valence-electron chi connectivity index (χ0n) is 12.7. The summed E-state index contributed by atoms with van der Waals surface area (Å²) in [5.74, 6) is 1.15. The van der Waals surface area contributed by atoms with Crippen LogP contribution < -0.4 is 5.32 Å². The number of thioether (sulfide) groups is 1. The minimum absolute atomic E-state index is 0.347. The van der Waals surface area contributed by atoms with E-state index in [0.717, 1.165) is 17.2 Å². The molecular weight excluding hydrogens is 298 g/mol. The Balaban J connectivity index is 1.96. The third kappa shape index (κ3) is 3.07. The molecule has 1 aliphatic rings. The highest BCUT2D eigenvalue weighted by Gasteiger charge is 2.22. The van der Waals surface area contributed by atoms with Gasteiger partial charge in [0, 0.05) is 21.4 Å². The Hall–Kier alpha value is -1.12. The van der Waals surface area contributed by atoms with Crippen molar-refractivity contribution in [3.8, 4) is 0 Å². The molecule has 0 radical (unpaired) electrons. The predicted molar refractivity (Wildman–Crippen MR) is 93.8 cm³/mol. The van der Waals surface area contributed by atoms with Gasteiger partial charge in [0.05, 0.1) is 6.04 Å². The van der Waals surface area contributed by atoms with Gasteiger partial charge in [-0.25, -0.2) is 0 Å². The van der Waals surface area contributed by atoms with Gasteiger partial charge in [-0.05, 0) is 62.1 Å². The van der Waals surface area contributed by atoms with Gasteiger partial charge in [-0.1, -0.05) is 29.3 Å². The van der Waals surface area contributed by atoms with Crippen LogP contribution >= 0.6 is 23.4 Å². The molecule has 0 saturated carbocycles. The molecule has 0 spiro atoms. The van der Waals surface area contributed by atoms with Crippen LogP contribution in [0, 0.1) is 20.8 Å². The largest absolute Gasteiger partial charge is 0.378 e. The number of hydrogen-bond donors (Lipinski definition) is 1. The molecule has 21 heavy (non-hydrogen) atoms. The molecule has 2 aromatic carbocycles. The number of rotatable bonds is 2. The van der Waals surface area contributed by atoms with Gasteiger partial charge in [0.25, 0.3) is 0 Å². The summed E-state index contributed by atoms with van der Waals surface area (Å²) < 4.78 is 0. The quantitative estimate of drug-likeness (QED) is 0.738. The summed E-state index contributed by atoms with van der Waals surface area (Å²) in [5.41, 5.74) is 6.54. The lowest BCUT2D eigenvalue weighted by Crippen LogP contribution is -2.17. The Bertz CT molecular complexity index is 658. The third-order valence-corrected chi connectivity index (χ3v) is 5.36. The van der Waals surface area contributed by atoms with Crippen molar-refractivity contribution < 1.29 is 0 Å². The van der Waals surface area contributed by atoms with E-state index in [1.165, 1.54) is 32.8 Å². The normalized spacial score (nSPS) is 17.4. The number of benzene rings is 2. The minimum atomic E-state index is 0.347. The van der Waals surface area contributed by atoms with Crippen LogP contribution in [0.4, 0.5) is 5.69 Å². The molecule has 1 atom stereocenters. The molecular formula is C18H20ClNS. The van der Waals surface area contributed by atoms with Crippen molar-refractivity contribution in [1.29, 1.82) is 0 Å². The second-order valence-corrected chi connectivity index (χ2v) is 7.36. The number of nitrogens with one attached hydrogen (secondary N) is 1.